The first-order valence-corrected chi connectivity index (χ1v) is 9.63. The van der Waals surface area contributed by atoms with Crippen molar-refractivity contribution in [2.24, 2.45) is 0 Å². The minimum atomic E-state index is -0.443. The number of nitrogens with zero attached hydrogens (tertiary/aromatic N) is 3. The number of fused-ring (bicyclic) bond motifs is 1. The van der Waals surface area contributed by atoms with E-state index in [0.29, 0.717) is 19.0 Å². The number of aromatic amines is 1. The number of carbonyl (C=O) groups is 1. The van der Waals surface area contributed by atoms with Crippen molar-refractivity contribution in [2.75, 3.05) is 50.2 Å². The van der Waals surface area contributed by atoms with Crippen molar-refractivity contribution in [2.45, 2.75) is 6.04 Å². The van der Waals surface area contributed by atoms with Gasteiger partial charge in [-0.1, -0.05) is 12.1 Å². The Kier molecular flexibility index (Phi) is 6.05. The molecule has 30 heavy (non-hydrogen) atoms. The summed E-state index contributed by atoms with van der Waals surface area (Å²) in [7, 11) is 1.54. The van der Waals surface area contributed by atoms with E-state index in [9.17, 15) is 9.18 Å². The number of carbonyl (C=O) groups excluding carboxylic acids is 1. The van der Waals surface area contributed by atoms with Gasteiger partial charge in [0.25, 0.3) is 0 Å². The quantitative estimate of drug-likeness (QED) is 0.572. The topological polar surface area (TPSA) is 104 Å². The Morgan fingerprint density at radius 1 is 1.33 bits per heavy atom. The Morgan fingerprint density at radius 3 is 2.83 bits per heavy atom. The minimum Gasteiger partial charge on any atom is -0.382 e. The fourth-order valence-corrected chi connectivity index (χ4v) is 3.38. The van der Waals surface area contributed by atoms with E-state index in [1.54, 1.807) is 24.4 Å². The van der Waals surface area contributed by atoms with Crippen LogP contribution in [0.2, 0.25) is 0 Å². The number of rotatable bonds is 6. The molecule has 3 aromatic rings. The lowest BCUT2D eigenvalue weighted by Crippen LogP contribution is -2.36. The van der Waals surface area contributed by atoms with E-state index in [0.717, 1.165) is 35.4 Å². The average molecular weight is 414 g/mol. The van der Waals surface area contributed by atoms with Crippen molar-refractivity contribution >= 4 is 28.6 Å². The molecule has 9 nitrogen and oxygen atoms in total. The Labute approximate surface area is 172 Å². The van der Waals surface area contributed by atoms with Crippen LogP contribution in [0, 0.1) is 5.82 Å². The Morgan fingerprint density at radius 2 is 2.10 bits per heavy atom. The number of methoxy groups -OCH3 is 1. The predicted molar refractivity (Wildman–Crippen MR) is 110 cm³/mol. The van der Waals surface area contributed by atoms with E-state index in [2.05, 4.69) is 30.7 Å². The number of hydrogen-bond donors (Lipinski definition) is 3. The Hall–Kier alpha value is -3.24. The molecule has 0 spiro atoms. The largest absolute Gasteiger partial charge is 0.382 e. The van der Waals surface area contributed by atoms with Crippen LogP contribution in [-0.2, 0) is 9.47 Å². The van der Waals surface area contributed by atoms with Gasteiger partial charge in [-0.05, 0) is 17.7 Å². The third-order valence-electron chi connectivity index (χ3n) is 4.89. The van der Waals surface area contributed by atoms with Gasteiger partial charge in [-0.15, -0.1) is 0 Å². The fraction of sp³-hybridized carbons (Fsp3) is 0.350. The maximum Gasteiger partial charge on any atom is 0.320 e. The number of anilines is 2. The monoisotopic (exact) mass is 414 g/mol. The molecule has 158 valence electrons. The number of halogens is 1. The molecule has 1 atom stereocenters. The molecule has 0 radical (unpaired) electrons. The summed E-state index contributed by atoms with van der Waals surface area (Å²) in [5.74, 6) is 0.869. The third-order valence-corrected chi connectivity index (χ3v) is 4.89. The second-order valence-corrected chi connectivity index (χ2v) is 6.92. The summed E-state index contributed by atoms with van der Waals surface area (Å²) in [6.07, 6.45) is 1.69. The van der Waals surface area contributed by atoms with Gasteiger partial charge >= 0.3 is 6.03 Å². The van der Waals surface area contributed by atoms with Crippen LogP contribution in [0.3, 0.4) is 0 Å². The summed E-state index contributed by atoms with van der Waals surface area (Å²) in [5.41, 5.74) is 1.51. The van der Waals surface area contributed by atoms with Crippen LogP contribution in [0.5, 0.6) is 0 Å². The lowest BCUT2D eigenvalue weighted by Gasteiger charge is -2.26. The zero-order valence-electron chi connectivity index (χ0n) is 16.5. The maximum atomic E-state index is 13.2. The molecule has 1 aliphatic rings. The normalized spacial score (nSPS) is 15.2. The first-order chi connectivity index (χ1) is 14.6. The van der Waals surface area contributed by atoms with E-state index >= 15 is 0 Å². The highest BCUT2D eigenvalue weighted by molar-refractivity contribution is 5.94. The van der Waals surface area contributed by atoms with E-state index in [-0.39, 0.29) is 12.4 Å². The Balaban J connectivity index is 1.45. The first-order valence-electron chi connectivity index (χ1n) is 9.63. The van der Waals surface area contributed by atoms with Crippen molar-refractivity contribution in [3.63, 3.8) is 0 Å². The molecule has 1 aromatic carbocycles. The van der Waals surface area contributed by atoms with E-state index < -0.39 is 12.1 Å². The zero-order chi connectivity index (χ0) is 20.9. The predicted octanol–water partition coefficient (Wildman–Crippen LogP) is 2.44. The summed E-state index contributed by atoms with van der Waals surface area (Å²) >= 11 is 0. The lowest BCUT2D eigenvalue weighted by molar-refractivity contribution is 0.122. The molecule has 3 heterocycles. The van der Waals surface area contributed by atoms with Crippen molar-refractivity contribution in [3.05, 3.63) is 47.9 Å². The Bertz CT molecular complexity index is 1000. The van der Waals surface area contributed by atoms with Gasteiger partial charge in [0.15, 0.2) is 5.82 Å². The third kappa shape index (κ3) is 4.50. The number of morpholine rings is 1. The minimum absolute atomic E-state index is 0.245. The summed E-state index contributed by atoms with van der Waals surface area (Å²) in [4.78, 5) is 19.0. The maximum absolute atomic E-state index is 13.2. The highest BCUT2D eigenvalue weighted by Gasteiger charge is 2.18. The number of urea groups is 1. The number of hydrogen-bond acceptors (Lipinski definition) is 6. The summed E-state index contributed by atoms with van der Waals surface area (Å²) in [6, 6.07) is 6.77. The van der Waals surface area contributed by atoms with Crippen molar-refractivity contribution in [1.29, 1.82) is 0 Å². The molecule has 0 aliphatic carbocycles. The van der Waals surface area contributed by atoms with Crippen LogP contribution in [0.4, 0.5) is 20.8 Å². The highest BCUT2D eigenvalue weighted by atomic mass is 19.1. The molecule has 1 unspecified atom stereocenters. The number of aromatic nitrogens is 3. The molecule has 4 rings (SSSR count). The van der Waals surface area contributed by atoms with Crippen molar-refractivity contribution in [3.8, 4) is 0 Å². The highest BCUT2D eigenvalue weighted by Crippen LogP contribution is 2.25. The van der Waals surface area contributed by atoms with Crippen LogP contribution in [-0.4, -0.2) is 61.2 Å². The van der Waals surface area contributed by atoms with Crippen LogP contribution in [0.15, 0.2) is 36.5 Å². The molecular formula is C20H23FN6O3. The molecule has 0 saturated carbocycles. The molecule has 1 aliphatic heterocycles. The van der Waals surface area contributed by atoms with Crippen LogP contribution in [0.25, 0.3) is 10.9 Å². The number of ether oxygens (including phenoxy) is 2. The fourth-order valence-electron chi connectivity index (χ4n) is 3.38. The summed E-state index contributed by atoms with van der Waals surface area (Å²) in [5, 5.41) is 13.8. The molecule has 3 N–H and O–H groups in total. The lowest BCUT2D eigenvalue weighted by atomic mass is 10.1. The van der Waals surface area contributed by atoms with Gasteiger partial charge in [0.05, 0.1) is 36.8 Å². The van der Waals surface area contributed by atoms with Gasteiger partial charge in [0, 0.05) is 32.5 Å². The molecule has 1 saturated heterocycles. The van der Waals surface area contributed by atoms with E-state index in [1.165, 1.54) is 19.2 Å². The number of pyridine rings is 1. The second kappa shape index (κ2) is 9.06. The van der Waals surface area contributed by atoms with E-state index in [4.69, 9.17) is 9.47 Å². The molecular weight excluding hydrogens is 391 g/mol. The van der Waals surface area contributed by atoms with Crippen LogP contribution < -0.4 is 15.5 Å². The average Bonchev–Trinajstić information content (AvgIpc) is 3.18. The SMILES string of the molecule is COCC(NC(=O)Nc1cc2[nH]nc(N3CCOCC3)c2cn1)c1ccc(F)cc1. The van der Waals surface area contributed by atoms with Crippen LogP contribution >= 0.6 is 0 Å². The first kappa shape index (κ1) is 20.0. The van der Waals surface area contributed by atoms with Gasteiger partial charge in [0.1, 0.15) is 11.6 Å². The number of nitrogens with one attached hydrogen (secondary N) is 3. The number of amides is 2. The zero-order valence-corrected chi connectivity index (χ0v) is 16.5. The van der Waals surface area contributed by atoms with Crippen molar-refractivity contribution in [1.82, 2.24) is 20.5 Å². The molecule has 0 bridgehead atoms. The summed E-state index contributed by atoms with van der Waals surface area (Å²) < 4.78 is 23.7. The second-order valence-electron chi connectivity index (χ2n) is 6.92. The van der Waals surface area contributed by atoms with Gasteiger partial charge in [-0.2, -0.15) is 5.10 Å². The standard InChI is InChI=1S/C20H23FN6O3/c1-29-12-17(13-2-4-14(21)5-3-13)23-20(28)24-18-10-16-15(11-22-18)19(26-25-16)27-6-8-30-9-7-27/h2-5,10-11,17H,6-9,12H2,1H3,(H,25,26)(H2,22,23,24,28). The van der Waals surface area contributed by atoms with Gasteiger partial charge in [-0.25, -0.2) is 14.2 Å². The molecule has 2 amide bonds. The van der Waals surface area contributed by atoms with E-state index in [1.807, 2.05) is 0 Å². The number of benzene rings is 1. The smallest absolute Gasteiger partial charge is 0.320 e. The van der Waals surface area contributed by atoms with Crippen LogP contribution in [0.1, 0.15) is 11.6 Å². The molecule has 2 aromatic heterocycles. The van der Waals surface area contributed by atoms with Crippen molar-refractivity contribution < 1.29 is 18.7 Å². The van der Waals surface area contributed by atoms with Gasteiger partial charge in [0.2, 0.25) is 0 Å². The summed E-state index contributed by atoms with van der Waals surface area (Å²) in [6.45, 7) is 3.12. The van der Waals surface area contributed by atoms with Gasteiger partial charge < -0.3 is 19.7 Å². The molecule has 10 heteroatoms. The molecule has 1 fully saturated rings. The number of H-pyrrole nitrogens is 1. The van der Waals surface area contributed by atoms with Gasteiger partial charge in [-0.3, -0.25) is 10.4 Å².